The van der Waals surface area contributed by atoms with Crippen LogP contribution in [0.3, 0.4) is 0 Å². The molecule has 0 saturated carbocycles. The second-order valence-corrected chi connectivity index (χ2v) is 3.41. The molecular formula is C12H14F2. The predicted octanol–water partition coefficient (Wildman–Crippen LogP) is 3.72. The highest BCUT2D eigenvalue weighted by molar-refractivity contribution is 5.20. The van der Waals surface area contributed by atoms with E-state index in [4.69, 9.17) is 0 Å². The zero-order valence-electron chi connectivity index (χ0n) is 8.43. The van der Waals surface area contributed by atoms with Crippen LogP contribution in [0.25, 0.3) is 0 Å². The molecule has 0 aromatic heterocycles. The fourth-order valence-corrected chi connectivity index (χ4v) is 1.45. The SMILES string of the molecule is C/C=C\C(C)Cc1c(F)cccc1F. The van der Waals surface area contributed by atoms with Gasteiger partial charge in [-0.3, -0.25) is 0 Å². The van der Waals surface area contributed by atoms with Crippen molar-refractivity contribution in [2.24, 2.45) is 5.92 Å². The van der Waals surface area contributed by atoms with Crippen LogP contribution in [0.4, 0.5) is 8.78 Å². The van der Waals surface area contributed by atoms with Gasteiger partial charge in [0.15, 0.2) is 0 Å². The van der Waals surface area contributed by atoms with Gasteiger partial charge in [-0.05, 0) is 31.4 Å². The minimum absolute atomic E-state index is 0.159. The summed E-state index contributed by atoms with van der Waals surface area (Å²) in [6, 6.07) is 3.97. The lowest BCUT2D eigenvalue weighted by Gasteiger charge is -2.08. The molecule has 0 bridgehead atoms. The van der Waals surface area contributed by atoms with E-state index in [9.17, 15) is 8.78 Å². The monoisotopic (exact) mass is 196 g/mol. The molecule has 1 rings (SSSR count). The fraction of sp³-hybridized carbons (Fsp3) is 0.333. The summed E-state index contributed by atoms with van der Waals surface area (Å²) in [5.41, 5.74) is 0.179. The van der Waals surface area contributed by atoms with Crippen LogP contribution in [-0.2, 0) is 6.42 Å². The molecule has 1 unspecified atom stereocenters. The molecule has 1 aromatic rings. The van der Waals surface area contributed by atoms with E-state index < -0.39 is 11.6 Å². The number of benzene rings is 1. The van der Waals surface area contributed by atoms with Crippen molar-refractivity contribution in [1.82, 2.24) is 0 Å². The number of hydrogen-bond donors (Lipinski definition) is 0. The van der Waals surface area contributed by atoms with E-state index in [-0.39, 0.29) is 11.5 Å². The maximum absolute atomic E-state index is 13.2. The van der Waals surface area contributed by atoms with Crippen LogP contribution in [0.2, 0.25) is 0 Å². The van der Waals surface area contributed by atoms with Crippen molar-refractivity contribution < 1.29 is 8.78 Å². The number of halogens is 2. The fourth-order valence-electron chi connectivity index (χ4n) is 1.45. The first kappa shape index (κ1) is 10.9. The third-order valence-electron chi connectivity index (χ3n) is 2.11. The van der Waals surface area contributed by atoms with Crippen LogP contribution in [0.1, 0.15) is 19.4 Å². The van der Waals surface area contributed by atoms with Crippen molar-refractivity contribution in [3.8, 4) is 0 Å². The van der Waals surface area contributed by atoms with Crippen molar-refractivity contribution in [3.63, 3.8) is 0 Å². The maximum atomic E-state index is 13.2. The van der Waals surface area contributed by atoms with Crippen LogP contribution in [0.15, 0.2) is 30.4 Å². The third kappa shape index (κ3) is 2.66. The second-order valence-electron chi connectivity index (χ2n) is 3.41. The minimum atomic E-state index is -0.457. The molecule has 1 atom stereocenters. The Labute approximate surface area is 83.3 Å². The molecule has 0 aliphatic heterocycles. The van der Waals surface area contributed by atoms with Gasteiger partial charge < -0.3 is 0 Å². The van der Waals surface area contributed by atoms with Crippen molar-refractivity contribution >= 4 is 0 Å². The van der Waals surface area contributed by atoms with Gasteiger partial charge in [0, 0.05) is 5.56 Å². The van der Waals surface area contributed by atoms with Gasteiger partial charge in [0.25, 0.3) is 0 Å². The Balaban J connectivity index is 2.85. The zero-order chi connectivity index (χ0) is 10.6. The lowest BCUT2D eigenvalue weighted by atomic mass is 10.00. The standard InChI is InChI=1S/C12H14F2/c1-3-5-9(2)8-10-11(13)6-4-7-12(10)14/h3-7,9H,8H2,1-2H3/b5-3-. The first-order valence-electron chi connectivity index (χ1n) is 4.71. The van der Waals surface area contributed by atoms with E-state index in [0.717, 1.165) is 0 Å². The highest BCUT2D eigenvalue weighted by Crippen LogP contribution is 2.17. The molecule has 0 fully saturated rings. The quantitative estimate of drug-likeness (QED) is 0.646. The lowest BCUT2D eigenvalue weighted by molar-refractivity contribution is 0.538. The Bertz CT molecular complexity index is 309. The highest BCUT2D eigenvalue weighted by Gasteiger charge is 2.10. The summed E-state index contributed by atoms with van der Waals surface area (Å²) < 4.78 is 26.4. The molecule has 0 heterocycles. The van der Waals surface area contributed by atoms with Gasteiger partial charge in [-0.15, -0.1) is 0 Å². The van der Waals surface area contributed by atoms with Gasteiger partial charge in [-0.25, -0.2) is 8.78 Å². The third-order valence-corrected chi connectivity index (χ3v) is 2.11. The Morgan fingerprint density at radius 2 is 1.86 bits per heavy atom. The van der Waals surface area contributed by atoms with Crippen LogP contribution in [-0.4, -0.2) is 0 Å². The molecule has 0 aliphatic rings. The summed E-state index contributed by atoms with van der Waals surface area (Å²) in [6.07, 6.45) is 4.23. The molecule has 76 valence electrons. The normalized spacial score (nSPS) is 13.4. The average Bonchev–Trinajstić information content (AvgIpc) is 2.12. The van der Waals surface area contributed by atoms with Gasteiger partial charge in [0.2, 0.25) is 0 Å². The Morgan fingerprint density at radius 3 is 2.36 bits per heavy atom. The Hall–Kier alpha value is -1.18. The maximum Gasteiger partial charge on any atom is 0.129 e. The van der Waals surface area contributed by atoms with E-state index in [1.54, 1.807) is 0 Å². The van der Waals surface area contributed by atoms with Crippen LogP contribution >= 0.6 is 0 Å². The predicted molar refractivity (Wildman–Crippen MR) is 54.0 cm³/mol. The van der Waals surface area contributed by atoms with Crippen LogP contribution in [0, 0.1) is 17.6 Å². The van der Waals surface area contributed by atoms with Gasteiger partial charge in [0.1, 0.15) is 11.6 Å². The molecule has 1 aromatic carbocycles. The Morgan fingerprint density at radius 1 is 1.29 bits per heavy atom. The second kappa shape index (κ2) is 4.89. The van der Waals surface area contributed by atoms with E-state index in [0.29, 0.717) is 6.42 Å². The summed E-state index contributed by atoms with van der Waals surface area (Å²) in [5, 5.41) is 0. The van der Waals surface area contributed by atoms with Crippen LogP contribution < -0.4 is 0 Å². The highest BCUT2D eigenvalue weighted by atomic mass is 19.1. The summed E-state index contributed by atoms with van der Waals surface area (Å²) in [5.74, 6) is -0.755. The molecule has 0 saturated heterocycles. The van der Waals surface area contributed by atoms with Gasteiger partial charge in [-0.1, -0.05) is 25.1 Å². The van der Waals surface area contributed by atoms with Crippen molar-refractivity contribution in [2.45, 2.75) is 20.3 Å². The smallest absolute Gasteiger partial charge is 0.129 e. The molecule has 0 N–H and O–H groups in total. The number of rotatable bonds is 3. The first-order chi connectivity index (χ1) is 6.65. The molecular weight excluding hydrogens is 182 g/mol. The molecule has 0 spiro atoms. The number of hydrogen-bond acceptors (Lipinski definition) is 0. The summed E-state index contributed by atoms with van der Waals surface area (Å²) >= 11 is 0. The topological polar surface area (TPSA) is 0 Å². The molecule has 14 heavy (non-hydrogen) atoms. The average molecular weight is 196 g/mol. The van der Waals surface area contributed by atoms with Crippen molar-refractivity contribution in [1.29, 1.82) is 0 Å². The van der Waals surface area contributed by atoms with E-state index in [2.05, 4.69) is 0 Å². The summed E-state index contributed by atoms with van der Waals surface area (Å²) in [4.78, 5) is 0. The van der Waals surface area contributed by atoms with E-state index in [1.807, 2.05) is 26.0 Å². The first-order valence-corrected chi connectivity index (χ1v) is 4.71. The minimum Gasteiger partial charge on any atom is -0.207 e. The van der Waals surface area contributed by atoms with Gasteiger partial charge in [-0.2, -0.15) is 0 Å². The molecule has 0 radical (unpaired) electrons. The largest absolute Gasteiger partial charge is 0.207 e. The summed E-state index contributed by atoms with van der Waals surface area (Å²) in [6.45, 7) is 3.83. The lowest BCUT2D eigenvalue weighted by Crippen LogP contribution is -2.01. The van der Waals surface area contributed by atoms with Crippen LogP contribution in [0.5, 0.6) is 0 Å². The van der Waals surface area contributed by atoms with E-state index in [1.165, 1.54) is 18.2 Å². The van der Waals surface area contributed by atoms with E-state index >= 15 is 0 Å². The molecule has 2 heteroatoms. The van der Waals surface area contributed by atoms with Gasteiger partial charge in [0.05, 0.1) is 0 Å². The summed E-state index contributed by atoms with van der Waals surface area (Å²) in [7, 11) is 0. The molecule has 0 nitrogen and oxygen atoms in total. The van der Waals surface area contributed by atoms with Gasteiger partial charge >= 0.3 is 0 Å². The van der Waals surface area contributed by atoms with Crippen molar-refractivity contribution in [3.05, 3.63) is 47.5 Å². The molecule has 0 amide bonds. The Kier molecular flexibility index (Phi) is 3.81. The number of allylic oxidation sites excluding steroid dienone is 2. The zero-order valence-corrected chi connectivity index (χ0v) is 8.43. The molecule has 0 aliphatic carbocycles. The van der Waals surface area contributed by atoms with Crippen molar-refractivity contribution in [2.75, 3.05) is 0 Å².